The molecule has 0 bridgehead atoms. The van der Waals surface area contributed by atoms with Gasteiger partial charge in [0.25, 0.3) is 5.91 Å². The van der Waals surface area contributed by atoms with Crippen molar-refractivity contribution in [3.8, 4) is 11.1 Å². The monoisotopic (exact) mass is 365 g/mol. The second-order valence-corrected chi connectivity index (χ2v) is 6.27. The highest BCUT2D eigenvalue weighted by atomic mass is 35.5. The highest BCUT2D eigenvalue weighted by molar-refractivity contribution is 6.34. The number of aryl methyl sites for hydroxylation is 1. The molecule has 0 aliphatic heterocycles. The summed E-state index contributed by atoms with van der Waals surface area (Å²) in [6.07, 6.45) is 0. The van der Waals surface area contributed by atoms with Gasteiger partial charge in [-0.15, -0.1) is 0 Å². The first-order chi connectivity index (χ1) is 12.5. The Balaban J connectivity index is 1.92. The Morgan fingerprint density at radius 1 is 0.962 bits per heavy atom. The Labute approximate surface area is 156 Å². The van der Waals surface area contributed by atoms with E-state index in [0.717, 1.165) is 16.7 Å². The Bertz CT molecular complexity index is 981. The van der Waals surface area contributed by atoms with Crippen LogP contribution < -0.4 is 5.32 Å². The van der Waals surface area contributed by atoms with E-state index in [1.165, 1.54) is 18.2 Å². The number of benzene rings is 3. The summed E-state index contributed by atoms with van der Waals surface area (Å²) in [4.78, 5) is 23.7. The average Bonchev–Trinajstić information content (AvgIpc) is 2.64. The zero-order chi connectivity index (χ0) is 18.7. The van der Waals surface area contributed by atoms with Crippen molar-refractivity contribution in [3.63, 3.8) is 0 Å². The first-order valence-electron chi connectivity index (χ1n) is 7.96. The zero-order valence-electron chi connectivity index (χ0n) is 14.0. The van der Waals surface area contributed by atoms with Gasteiger partial charge >= 0.3 is 5.97 Å². The molecule has 0 radical (unpaired) electrons. The average molecular weight is 366 g/mol. The van der Waals surface area contributed by atoms with Gasteiger partial charge in [0.15, 0.2) is 0 Å². The molecule has 0 aliphatic carbocycles. The third-order valence-electron chi connectivity index (χ3n) is 4.00. The number of carboxylic acid groups (broad SMARTS) is 1. The molecule has 0 saturated carbocycles. The van der Waals surface area contributed by atoms with Crippen LogP contribution in [-0.2, 0) is 0 Å². The summed E-state index contributed by atoms with van der Waals surface area (Å²) >= 11 is 6.10. The van der Waals surface area contributed by atoms with Crippen molar-refractivity contribution in [2.45, 2.75) is 6.92 Å². The number of hydrogen-bond acceptors (Lipinski definition) is 2. The lowest BCUT2D eigenvalue weighted by atomic mass is 9.98. The summed E-state index contributed by atoms with van der Waals surface area (Å²) in [5.74, 6) is -1.39. The third kappa shape index (κ3) is 3.76. The van der Waals surface area contributed by atoms with Crippen molar-refractivity contribution in [2.24, 2.45) is 0 Å². The predicted molar refractivity (Wildman–Crippen MR) is 103 cm³/mol. The van der Waals surface area contributed by atoms with Gasteiger partial charge in [0.2, 0.25) is 0 Å². The van der Waals surface area contributed by atoms with E-state index in [4.69, 9.17) is 16.7 Å². The van der Waals surface area contributed by atoms with E-state index >= 15 is 0 Å². The molecular formula is C21H16ClNO3. The van der Waals surface area contributed by atoms with Crippen LogP contribution >= 0.6 is 11.6 Å². The van der Waals surface area contributed by atoms with E-state index in [0.29, 0.717) is 11.3 Å². The minimum absolute atomic E-state index is 0.0630. The molecule has 5 heteroatoms. The normalized spacial score (nSPS) is 10.4. The van der Waals surface area contributed by atoms with Crippen molar-refractivity contribution in [1.29, 1.82) is 0 Å². The molecule has 0 spiro atoms. The smallest absolute Gasteiger partial charge is 0.335 e. The van der Waals surface area contributed by atoms with Crippen LogP contribution in [0.15, 0.2) is 66.7 Å². The number of amides is 1. The summed E-state index contributed by atoms with van der Waals surface area (Å²) in [6, 6.07) is 19.4. The molecule has 3 aromatic rings. The van der Waals surface area contributed by atoms with Crippen molar-refractivity contribution in [2.75, 3.05) is 5.32 Å². The molecule has 0 unspecified atom stereocenters. The van der Waals surface area contributed by atoms with Crippen molar-refractivity contribution in [3.05, 3.63) is 88.4 Å². The lowest BCUT2D eigenvalue weighted by molar-refractivity contribution is 0.0696. The van der Waals surface area contributed by atoms with Crippen LogP contribution in [0.5, 0.6) is 0 Å². The van der Waals surface area contributed by atoms with Crippen LogP contribution in [-0.4, -0.2) is 17.0 Å². The quantitative estimate of drug-likeness (QED) is 0.662. The highest BCUT2D eigenvalue weighted by Crippen LogP contribution is 2.27. The Morgan fingerprint density at radius 2 is 1.65 bits per heavy atom. The second-order valence-electron chi connectivity index (χ2n) is 5.87. The first kappa shape index (κ1) is 17.7. The fourth-order valence-electron chi connectivity index (χ4n) is 2.61. The van der Waals surface area contributed by atoms with Gasteiger partial charge < -0.3 is 10.4 Å². The standard InChI is InChI=1S/C21H16ClNO3/c1-13-6-8-14(9-7-13)16-4-2-3-5-17(16)20(24)23-19-11-10-15(21(25)26)12-18(19)22/h2-12H,1H3,(H,23,24)(H,25,26). The first-order valence-corrected chi connectivity index (χ1v) is 8.34. The van der Waals surface area contributed by atoms with Crippen LogP contribution in [0.2, 0.25) is 5.02 Å². The fourth-order valence-corrected chi connectivity index (χ4v) is 2.83. The number of carbonyl (C=O) groups is 2. The molecule has 0 aliphatic rings. The Kier molecular flexibility index (Phi) is 5.05. The molecule has 2 N–H and O–H groups in total. The maximum Gasteiger partial charge on any atom is 0.335 e. The van der Waals surface area contributed by atoms with Crippen LogP contribution in [0.25, 0.3) is 11.1 Å². The van der Waals surface area contributed by atoms with Gasteiger partial charge in [0.05, 0.1) is 16.3 Å². The number of halogens is 1. The van der Waals surface area contributed by atoms with Crippen molar-refractivity contribution >= 4 is 29.2 Å². The molecule has 0 fully saturated rings. The minimum Gasteiger partial charge on any atom is -0.478 e. The van der Waals surface area contributed by atoms with Gasteiger partial charge in [-0.1, -0.05) is 59.6 Å². The van der Waals surface area contributed by atoms with E-state index in [-0.39, 0.29) is 16.5 Å². The molecular weight excluding hydrogens is 350 g/mol. The number of rotatable bonds is 4. The zero-order valence-corrected chi connectivity index (χ0v) is 14.7. The van der Waals surface area contributed by atoms with E-state index in [2.05, 4.69) is 5.32 Å². The topological polar surface area (TPSA) is 66.4 Å². The third-order valence-corrected chi connectivity index (χ3v) is 4.31. The van der Waals surface area contributed by atoms with E-state index < -0.39 is 5.97 Å². The number of nitrogens with one attached hydrogen (secondary N) is 1. The summed E-state index contributed by atoms with van der Waals surface area (Å²) < 4.78 is 0. The molecule has 26 heavy (non-hydrogen) atoms. The predicted octanol–water partition coefficient (Wildman–Crippen LogP) is 5.27. The van der Waals surface area contributed by atoms with Crippen LogP contribution in [0, 0.1) is 6.92 Å². The maximum atomic E-state index is 12.8. The molecule has 0 heterocycles. The number of carbonyl (C=O) groups excluding carboxylic acids is 1. The summed E-state index contributed by atoms with van der Waals surface area (Å²) in [6.45, 7) is 2.01. The largest absolute Gasteiger partial charge is 0.478 e. The maximum absolute atomic E-state index is 12.8. The summed E-state index contributed by atoms with van der Waals surface area (Å²) in [5, 5.41) is 11.9. The van der Waals surface area contributed by atoms with Gasteiger partial charge in [0, 0.05) is 5.56 Å². The highest BCUT2D eigenvalue weighted by Gasteiger charge is 2.15. The van der Waals surface area contributed by atoms with Gasteiger partial charge in [-0.2, -0.15) is 0 Å². The van der Waals surface area contributed by atoms with E-state index in [1.54, 1.807) is 12.1 Å². The SMILES string of the molecule is Cc1ccc(-c2ccccc2C(=O)Nc2ccc(C(=O)O)cc2Cl)cc1. The lowest BCUT2D eigenvalue weighted by Gasteiger charge is -2.12. The molecule has 0 saturated heterocycles. The van der Waals surface area contributed by atoms with Crippen LogP contribution in [0.3, 0.4) is 0 Å². The molecule has 1 amide bonds. The molecule has 3 aromatic carbocycles. The summed E-state index contributed by atoms with van der Waals surface area (Å²) in [5.41, 5.74) is 3.82. The molecule has 130 valence electrons. The molecule has 3 rings (SSSR count). The van der Waals surface area contributed by atoms with Crippen LogP contribution in [0.1, 0.15) is 26.3 Å². The molecule has 0 atom stereocenters. The minimum atomic E-state index is -1.07. The Morgan fingerprint density at radius 3 is 2.31 bits per heavy atom. The van der Waals surface area contributed by atoms with Crippen molar-refractivity contribution in [1.82, 2.24) is 0 Å². The number of anilines is 1. The van der Waals surface area contributed by atoms with E-state index in [1.807, 2.05) is 43.3 Å². The molecule has 4 nitrogen and oxygen atoms in total. The summed E-state index contributed by atoms with van der Waals surface area (Å²) in [7, 11) is 0. The molecule has 0 aromatic heterocycles. The van der Waals surface area contributed by atoms with Gasteiger partial charge in [-0.05, 0) is 42.3 Å². The van der Waals surface area contributed by atoms with Gasteiger partial charge in [-0.3, -0.25) is 4.79 Å². The van der Waals surface area contributed by atoms with Gasteiger partial charge in [0.1, 0.15) is 0 Å². The van der Waals surface area contributed by atoms with E-state index in [9.17, 15) is 9.59 Å². The number of carboxylic acids is 1. The fraction of sp³-hybridized carbons (Fsp3) is 0.0476. The van der Waals surface area contributed by atoms with Crippen molar-refractivity contribution < 1.29 is 14.7 Å². The lowest BCUT2D eigenvalue weighted by Crippen LogP contribution is -2.13. The second kappa shape index (κ2) is 7.42. The van der Waals surface area contributed by atoms with Gasteiger partial charge in [-0.25, -0.2) is 4.79 Å². The number of aromatic carboxylic acids is 1. The number of hydrogen-bond donors (Lipinski definition) is 2. The Hall–Kier alpha value is -3.11. The van der Waals surface area contributed by atoms with Crippen LogP contribution in [0.4, 0.5) is 5.69 Å².